The topological polar surface area (TPSA) is 51.9 Å². The van der Waals surface area contributed by atoms with E-state index in [-0.39, 0.29) is 7.43 Å². The van der Waals surface area contributed by atoms with Crippen molar-refractivity contribution in [3.05, 3.63) is 101 Å². The predicted octanol–water partition coefficient (Wildman–Crippen LogP) is 8.70. The maximum atomic E-state index is 12.3. The van der Waals surface area contributed by atoms with Gasteiger partial charge in [0, 0.05) is 39.4 Å². The molecule has 0 amide bonds. The molecule has 0 N–H and O–H groups in total. The summed E-state index contributed by atoms with van der Waals surface area (Å²) in [6.45, 7) is 2.03. The van der Waals surface area contributed by atoms with Crippen LogP contribution in [0.25, 0.3) is 16.9 Å². The number of halogens is 7. The first kappa shape index (κ1) is 29.8. The Morgan fingerprint density at radius 3 is 1.65 bits per heavy atom. The Balaban J connectivity index is 0.000000154. The lowest BCUT2D eigenvalue weighted by atomic mass is 10.3. The lowest BCUT2D eigenvalue weighted by Crippen LogP contribution is -2.06. The normalized spacial score (nSPS) is 11.0. The smallest absolute Gasteiger partial charge is 0.303 e. The molecule has 6 aromatic rings. The van der Waals surface area contributed by atoms with Gasteiger partial charge in [0.2, 0.25) is 0 Å². The lowest BCUT2D eigenvalue weighted by molar-refractivity contribution is -0.137. The Hall–Kier alpha value is -1.72. The molecule has 0 aliphatic heterocycles. The van der Waals surface area contributed by atoms with E-state index in [0.717, 1.165) is 41.9 Å². The molecule has 0 bridgehead atoms. The van der Waals surface area contributed by atoms with E-state index in [0.29, 0.717) is 9.35 Å². The molecule has 13 heteroatoms. The van der Waals surface area contributed by atoms with Gasteiger partial charge in [0.1, 0.15) is 24.3 Å². The Labute approximate surface area is 254 Å². The molecule has 6 nitrogen and oxygen atoms in total. The van der Waals surface area contributed by atoms with Gasteiger partial charge in [-0.25, -0.2) is 15.0 Å². The third-order valence-electron chi connectivity index (χ3n) is 4.87. The van der Waals surface area contributed by atoms with Gasteiger partial charge >= 0.3 is 6.18 Å². The molecular weight excluding hydrogens is 843 g/mol. The van der Waals surface area contributed by atoms with Crippen LogP contribution in [0.15, 0.2) is 82.5 Å². The van der Waals surface area contributed by atoms with Crippen molar-refractivity contribution in [1.29, 1.82) is 0 Å². The third kappa shape index (κ3) is 7.23. The molecule has 0 saturated heterocycles. The maximum absolute atomic E-state index is 12.3. The van der Waals surface area contributed by atoms with Crippen LogP contribution in [0.1, 0.15) is 18.7 Å². The van der Waals surface area contributed by atoms with Crippen molar-refractivity contribution in [3.63, 3.8) is 0 Å². The van der Waals surface area contributed by atoms with Crippen molar-refractivity contribution in [2.24, 2.45) is 0 Å². The molecule has 0 spiro atoms. The summed E-state index contributed by atoms with van der Waals surface area (Å²) in [6, 6.07) is 10.3. The maximum Gasteiger partial charge on any atom is 0.417 e. The van der Waals surface area contributed by atoms with E-state index >= 15 is 0 Å². The van der Waals surface area contributed by atoms with Gasteiger partial charge in [-0.3, -0.25) is 8.80 Å². The summed E-state index contributed by atoms with van der Waals surface area (Å²) in [5, 5.41) is 0. The number of rotatable bonds is 0. The number of aromatic nitrogens is 6. The van der Waals surface area contributed by atoms with Gasteiger partial charge in [0.15, 0.2) is 0 Å². The standard InChI is InChI=1S/C8H7BrN2.C8H4F3IN2.C7H4BrIN2.CH4/c1-6-4-10-8-3-2-7(9)5-11(6)8;9-8(10,11)5-1-2-7-13-3-6(12)14(7)4-5;8-5-1-2-7-10-3-6(9)11(7)4-5;/h2-5H,1H3;1-4H;1-4H;1H4. The monoisotopic (exact) mass is 860 g/mol. The van der Waals surface area contributed by atoms with E-state index in [1.165, 1.54) is 16.7 Å². The van der Waals surface area contributed by atoms with Crippen LogP contribution in [0.5, 0.6) is 0 Å². The second kappa shape index (κ2) is 12.4. The first-order valence-electron chi connectivity index (χ1n) is 10.1. The van der Waals surface area contributed by atoms with Crippen LogP contribution < -0.4 is 0 Å². The van der Waals surface area contributed by atoms with Gasteiger partial charge in [0.25, 0.3) is 0 Å². The highest BCUT2D eigenvalue weighted by molar-refractivity contribution is 14.1. The molecule has 6 heterocycles. The van der Waals surface area contributed by atoms with Gasteiger partial charge in [-0.2, -0.15) is 13.2 Å². The summed E-state index contributed by atoms with van der Waals surface area (Å²) in [4.78, 5) is 12.3. The summed E-state index contributed by atoms with van der Waals surface area (Å²) < 4.78 is 46.4. The Bertz CT molecular complexity index is 1580. The Kier molecular flexibility index (Phi) is 10.0. The molecule has 0 fully saturated rings. The molecule has 37 heavy (non-hydrogen) atoms. The van der Waals surface area contributed by atoms with E-state index < -0.39 is 11.7 Å². The fourth-order valence-corrected chi connectivity index (χ4v) is 4.84. The summed E-state index contributed by atoms with van der Waals surface area (Å²) in [5.41, 5.74) is 2.98. The Morgan fingerprint density at radius 2 is 1.11 bits per heavy atom. The highest BCUT2D eigenvalue weighted by atomic mass is 127. The molecule has 0 aromatic carbocycles. The molecule has 194 valence electrons. The number of hydrogen-bond acceptors (Lipinski definition) is 3. The second-order valence-corrected chi connectivity index (χ2v) is 11.4. The van der Waals surface area contributed by atoms with Crippen LogP contribution in [-0.4, -0.2) is 28.2 Å². The van der Waals surface area contributed by atoms with Crippen molar-refractivity contribution in [3.8, 4) is 0 Å². The van der Waals surface area contributed by atoms with Crippen LogP contribution in [0.4, 0.5) is 13.2 Å². The summed E-state index contributed by atoms with van der Waals surface area (Å²) >= 11 is 11.0. The number of pyridine rings is 3. The molecule has 6 aromatic heterocycles. The fraction of sp³-hybridized carbons (Fsp3) is 0.125. The van der Waals surface area contributed by atoms with Gasteiger partial charge in [-0.1, -0.05) is 7.43 Å². The largest absolute Gasteiger partial charge is 0.417 e. The number of nitrogens with zero attached hydrogens (tertiary/aromatic N) is 6. The van der Waals surface area contributed by atoms with Gasteiger partial charge < -0.3 is 4.40 Å². The van der Waals surface area contributed by atoms with Crippen LogP contribution in [0, 0.1) is 14.3 Å². The van der Waals surface area contributed by atoms with Crippen LogP contribution in [-0.2, 0) is 6.18 Å². The minimum atomic E-state index is -4.30. The number of hydrogen-bond donors (Lipinski definition) is 0. The van der Waals surface area contributed by atoms with Crippen LogP contribution >= 0.6 is 77.0 Å². The average Bonchev–Trinajstić information content (AvgIpc) is 3.51. The van der Waals surface area contributed by atoms with Gasteiger partial charge in [-0.15, -0.1) is 0 Å². The van der Waals surface area contributed by atoms with Crippen molar-refractivity contribution >= 4 is 94.0 Å². The molecule has 0 aliphatic rings. The van der Waals surface area contributed by atoms with Crippen LogP contribution in [0.3, 0.4) is 0 Å². The SMILES string of the molecule is Brc1ccc2ncc(I)n2c1.C.Cc1cnc2ccc(Br)cn12.FC(F)(F)c1ccc2ncc(I)n2c1. The quantitative estimate of drug-likeness (QED) is 0.144. The summed E-state index contributed by atoms with van der Waals surface area (Å²) in [6.07, 6.45) is 5.99. The highest BCUT2D eigenvalue weighted by Gasteiger charge is 2.30. The van der Waals surface area contributed by atoms with Gasteiger partial charge in [0.05, 0.1) is 18.0 Å². The van der Waals surface area contributed by atoms with E-state index in [1.54, 1.807) is 0 Å². The van der Waals surface area contributed by atoms with Crippen molar-refractivity contribution in [2.75, 3.05) is 0 Å². The van der Waals surface area contributed by atoms with Crippen molar-refractivity contribution in [2.45, 2.75) is 20.5 Å². The van der Waals surface area contributed by atoms with Crippen molar-refractivity contribution in [1.82, 2.24) is 28.2 Å². The first-order valence-corrected chi connectivity index (χ1v) is 13.8. The number of aryl methyl sites for hydroxylation is 1. The van der Waals surface area contributed by atoms with E-state index in [9.17, 15) is 13.2 Å². The first-order chi connectivity index (χ1) is 17.0. The molecule has 0 radical (unpaired) electrons. The van der Waals surface area contributed by atoms with Crippen LogP contribution in [0.2, 0.25) is 0 Å². The zero-order chi connectivity index (χ0) is 26.0. The number of alkyl halides is 3. The molecule has 6 rings (SSSR count). The minimum absolute atomic E-state index is 0. The molecule has 0 unspecified atom stereocenters. The zero-order valence-electron chi connectivity index (χ0n) is 18.3. The molecule has 0 saturated carbocycles. The summed E-state index contributed by atoms with van der Waals surface area (Å²) in [7, 11) is 0. The molecule has 0 aliphatic carbocycles. The van der Waals surface area contributed by atoms with Gasteiger partial charge in [-0.05, 0) is 120 Å². The zero-order valence-corrected chi connectivity index (χ0v) is 25.7. The molecule has 0 atom stereocenters. The van der Waals surface area contributed by atoms with E-state index in [1.807, 2.05) is 87.4 Å². The molecular formula is C24H19Br2F3I2N6. The van der Waals surface area contributed by atoms with E-state index in [2.05, 4.69) is 69.4 Å². The lowest BCUT2D eigenvalue weighted by Gasteiger charge is -2.06. The average molecular weight is 862 g/mol. The Morgan fingerprint density at radius 1 is 0.676 bits per heavy atom. The third-order valence-corrected chi connectivity index (χ3v) is 7.40. The van der Waals surface area contributed by atoms with E-state index in [4.69, 9.17) is 0 Å². The van der Waals surface area contributed by atoms with Crippen molar-refractivity contribution < 1.29 is 13.2 Å². The predicted molar refractivity (Wildman–Crippen MR) is 163 cm³/mol. The number of imidazole rings is 3. The highest BCUT2D eigenvalue weighted by Crippen LogP contribution is 2.29. The fourth-order valence-electron chi connectivity index (χ4n) is 3.12. The summed E-state index contributed by atoms with van der Waals surface area (Å²) in [5.74, 6) is 0. The second-order valence-electron chi connectivity index (χ2n) is 7.36. The minimum Gasteiger partial charge on any atom is -0.303 e. The number of fused-ring (bicyclic) bond motifs is 3.